The van der Waals surface area contributed by atoms with Gasteiger partial charge in [0.05, 0.1) is 0 Å². The zero-order chi connectivity index (χ0) is 15.0. The average Bonchev–Trinajstić information content (AvgIpc) is 3.19. The van der Waals surface area contributed by atoms with Crippen LogP contribution in [0.4, 0.5) is 5.69 Å². The Kier molecular flexibility index (Phi) is 3.70. The van der Waals surface area contributed by atoms with Gasteiger partial charge in [0.2, 0.25) is 5.91 Å². The van der Waals surface area contributed by atoms with E-state index in [4.69, 9.17) is 5.11 Å². The molecule has 1 aromatic rings. The van der Waals surface area contributed by atoms with Crippen molar-refractivity contribution in [2.75, 3.05) is 11.4 Å². The summed E-state index contributed by atoms with van der Waals surface area (Å²) >= 11 is 0. The Morgan fingerprint density at radius 3 is 2.24 bits per heavy atom. The largest absolute Gasteiger partial charge is 0.480 e. The molecule has 2 saturated carbocycles. The first-order valence-corrected chi connectivity index (χ1v) is 7.68. The fourth-order valence-electron chi connectivity index (χ4n) is 3.69. The predicted octanol–water partition coefficient (Wildman–Crippen LogP) is 2.85. The lowest BCUT2D eigenvalue weighted by atomic mass is 10.0. The summed E-state index contributed by atoms with van der Waals surface area (Å²) in [6.45, 7) is 1.72. The third kappa shape index (κ3) is 2.80. The van der Waals surface area contributed by atoms with Crippen LogP contribution in [-0.2, 0) is 9.59 Å². The van der Waals surface area contributed by atoms with E-state index in [0.29, 0.717) is 17.5 Å². The Morgan fingerprint density at radius 2 is 1.71 bits per heavy atom. The summed E-state index contributed by atoms with van der Waals surface area (Å²) in [6.07, 6.45) is 4.65. The highest BCUT2D eigenvalue weighted by Gasteiger charge is 2.56. The summed E-state index contributed by atoms with van der Waals surface area (Å²) in [4.78, 5) is 25.3. The first kappa shape index (κ1) is 14.1. The van der Waals surface area contributed by atoms with Gasteiger partial charge >= 0.3 is 5.97 Å². The summed E-state index contributed by atoms with van der Waals surface area (Å²) < 4.78 is 0. The van der Waals surface area contributed by atoms with Gasteiger partial charge in [-0.25, -0.2) is 0 Å². The minimum atomic E-state index is -0.965. The van der Waals surface area contributed by atoms with Crippen molar-refractivity contribution in [3.05, 3.63) is 29.8 Å². The topological polar surface area (TPSA) is 57.6 Å². The molecule has 4 nitrogen and oxygen atoms in total. The van der Waals surface area contributed by atoms with Gasteiger partial charge in [-0.15, -0.1) is 0 Å². The SMILES string of the molecule is Cc1ccc(N(CC(=O)O)C(=O)C2C3CCCCC32)cc1. The molecule has 0 bridgehead atoms. The standard InChI is InChI=1S/C17H21NO3/c1-11-6-8-12(9-7-11)18(10-15(19)20)17(21)16-13-4-2-3-5-14(13)16/h6-9,13-14,16H,2-5,10H2,1H3,(H,19,20). The molecule has 0 aliphatic heterocycles. The predicted molar refractivity (Wildman–Crippen MR) is 80.1 cm³/mol. The van der Waals surface area contributed by atoms with E-state index in [1.165, 1.54) is 17.7 Å². The van der Waals surface area contributed by atoms with E-state index < -0.39 is 5.97 Å². The van der Waals surface area contributed by atoms with Crippen LogP contribution in [0, 0.1) is 24.7 Å². The van der Waals surface area contributed by atoms with Crippen LogP contribution >= 0.6 is 0 Å². The Morgan fingerprint density at radius 1 is 1.14 bits per heavy atom. The van der Waals surface area contributed by atoms with Crippen molar-refractivity contribution >= 4 is 17.6 Å². The number of rotatable bonds is 4. The Labute approximate surface area is 124 Å². The maximum absolute atomic E-state index is 12.8. The number of nitrogens with zero attached hydrogens (tertiary/aromatic N) is 1. The second kappa shape index (κ2) is 5.51. The third-order valence-corrected chi connectivity index (χ3v) is 4.85. The van der Waals surface area contributed by atoms with Gasteiger partial charge in [0.15, 0.2) is 0 Å². The molecule has 2 unspecified atom stereocenters. The first-order chi connectivity index (χ1) is 10.1. The summed E-state index contributed by atoms with van der Waals surface area (Å²) in [6, 6.07) is 7.50. The highest BCUT2D eigenvalue weighted by Crippen LogP contribution is 2.56. The lowest BCUT2D eigenvalue weighted by molar-refractivity contribution is -0.136. The lowest BCUT2D eigenvalue weighted by Gasteiger charge is -2.21. The highest BCUT2D eigenvalue weighted by molar-refractivity contribution is 6.00. The fraction of sp³-hybridized carbons (Fsp3) is 0.529. The van der Waals surface area contributed by atoms with Crippen LogP contribution in [0.1, 0.15) is 31.2 Å². The molecule has 2 atom stereocenters. The second-order valence-electron chi connectivity index (χ2n) is 6.29. The minimum absolute atomic E-state index is 0.00171. The number of amides is 1. The van der Waals surface area contributed by atoms with Gasteiger partial charge < -0.3 is 10.0 Å². The quantitative estimate of drug-likeness (QED) is 0.926. The molecule has 2 aliphatic rings. The normalized spacial score (nSPS) is 26.8. The Balaban J connectivity index is 1.80. The van der Waals surface area contributed by atoms with Gasteiger partial charge in [-0.1, -0.05) is 30.5 Å². The van der Waals surface area contributed by atoms with Crippen molar-refractivity contribution in [2.24, 2.45) is 17.8 Å². The molecule has 0 saturated heterocycles. The molecule has 2 aliphatic carbocycles. The smallest absolute Gasteiger partial charge is 0.323 e. The molecular formula is C17H21NO3. The number of carbonyl (C=O) groups excluding carboxylic acids is 1. The van der Waals surface area contributed by atoms with Crippen LogP contribution in [0.15, 0.2) is 24.3 Å². The van der Waals surface area contributed by atoms with Crippen LogP contribution in [0.25, 0.3) is 0 Å². The molecule has 21 heavy (non-hydrogen) atoms. The van der Waals surface area contributed by atoms with Crippen LogP contribution in [0.3, 0.4) is 0 Å². The number of benzene rings is 1. The van der Waals surface area contributed by atoms with Crippen LogP contribution in [0.2, 0.25) is 0 Å². The van der Waals surface area contributed by atoms with Crippen molar-refractivity contribution in [3.8, 4) is 0 Å². The molecule has 1 amide bonds. The summed E-state index contributed by atoms with van der Waals surface area (Å²) in [5.74, 6) is 0.0693. The van der Waals surface area contributed by atoms with E-state index in [0.717, 1.165) is 18.4 Å². The molecule has 0 aromatic heterocycles. The van der Waals surface area contributed by atoms with E-state index in [9.17, 15) is 9.59 Å². The zero-order valence-corrected chi connectivity index (χ0v) is 12.3. The fourth-order valence-corrected chi connectivity index (χ4v) is 3.69. The molecule has 0 heterocycles. The summed E-state index contributed by atoms with van der Waals surface area (Å²) in [5.41, 5.74) is 1.79. The van der Waals surface area contributed by atoms with Gasteiger partial charge in [-0.2, -0.15) is 0 Å². The molecule has 2 fully saturated rings. The van der Waals surface area contributed by atoms with Crippen molar-refractivity contribution in [1.29, 1.82) is 0 Å². The van der Waals surface area contributed by atoms with E-state index in [-0.39, 0.29) is 18.4 Å². The Hall–Kier alpha value is -1.84. The van der Waals surface area contributed by atoms with Gasteiger partial charge in [0.25, 0.3) is 0 Å². The number of hydrogen-bond donors (Lipinski definition) is 1. The van der Waals surface area contributed by atoms with Gasteiger partial charge in [-0.3, -0.25) is 9.59 Å². The molecule has 4 heteroatoms. The molecule has 1 N–H and O–H groups in total. The summed E-state index contributed by atoms with van der Waals surface area (Å²) in [5, 5.41) is 9.12. The summed E-state index contributed by atoms with van der Waals surface area (Å²) in [7, 11) is 0. The van der Waals surface area contributed by atoms with Crippen molar-refractivity contribution in [1.82, 2.24) is 0 Å². The number of aliphatic carboxylic acids is 1. The maximum Gasteiger partial charge on any atom is 0.323 e. The van der Waals surface area contributed by atoms with Gasteiger partial charge in [0.1, 0.15) is 6.54 Å². The highest BCUT2D eigenvalue weighted by atomic mass is 16.4. The number of carboxylic acid groups (broad SMARTS) is 1. The molecule has 112 valence electrons. The molecule has 0 spiro atoms. The van der Waals surface area contributed by atoms with Crippen molar-refractivity contribution < 1.29 is 14.7 Å². The van der Waals surface area contributed by atoms with E-state index >= 15 is 0 Å². The van der Waals surface area contributed by atoms with Gasteiger partial charge in [-0.05, 0) is 43.7 Å². The van der Waals surface area contributed by atoms with Crippen LogP contribution in [-0.4, -0.2) is 23.5 Å². The number of carboxylic acids is 1. The number of carbonyl (C=O) groups is 2. The van der Waals surface area contributed by atoms with E-state index in [1.807, 2.05) is 31.2 Å². The third-order valence-electron chi connectivity index (χ3n) is 4.85. The molecule has 3 rings (SSSR count). The average molecular weight is 287 g/mol. The number of anilines is 1. The second-order valence-corrected chi connectivity index (χ2v) is 6.29. The molecule has 1 aromatic carbocycles. The minimum Gasteiger partial charge on any atom is -0.480 e. The van der Waals surface area contributed by atoms with Crippen LogP contribution < -0.4 is 4.90 Å². The number of fused-ring (bicyclic) bond motifs is 1. The van der Waals surface area contributed by atoms with Crippen molar-refractivity contribution in [2.45, 2.75) is 32.6 Å². The lowest BCUT2D eigenvalue weighted by Crippen LogP contribution is -2.37. The monoisotopic (exact) mass is 287 g/mol. The number of aryl methyl sites for hydroxylation is 1. The maximum atomic E-state index is 12.8. The molecular weight excluding hydrogens is 266 g/mol. The van der Waals surface area contributed by atoms with E-state index in [1.54, 1.807) is 0 Å². The molecule has 0 radical (unpaired) electrons. The van der Waals surface area contributed by atoms with E-state index in [2.05, 4.69) is 0 Å². The van der Waals surface area contributed by atoms with Crippen molar-refractivity contribution in [3.63, 3.8) is 0 Å². The zero-order valence-electron chi connectivity index (χ0n) is 12.3. The Bertz CT molecular complexity index is 540. The number of hydrogen-bond acceptors (Lipinski definition) is 2. The van der Waals surface area contributed by atoms with Gasteiger partial charge in [0, 0.05) is 11.6 Å². The van der Waals surface area contributed by atoms with Crippen LogP contribution in [0.5, 0.6) is 0 Å². The first-order valence-electron chi connectivity index (χ1n) is 7.68.